The average molecular weight is 347 g/mol. The summed E-state index contributed by atoms with van der Waals surface area (Å²) in [7, 11) is 0. The van der Waals surface area contributed by atoms with Gasteiger partial charge in [0.15, 0.2) is 11.5 Å². The normalized spacial score (nSPS) is 11.0. The summed E-state index contributed by atoms with van der Waals surface area (Å²) >= 11 is 0. The molecule has 0 fully saturated rings. The molecule has 0 bridgehead atoms. The van der Waals surface area contributed by atoms with Crippen molar-refractivity contribution in [3.05, 3.63) is 83.4 Å². The van der Waals surface area contributed by atoms with E-state index in [4.69, 9.17) is 5.73 Å². The van der Waals surface area contributed by atoms with E-state index in [9.17, 15) is 9.18 Å². The maximum atomic E-state index is 13.3. The number of amides is 1. The summed E-state index contributed by atoms with van der Waals surface area (Å²) in [6.07, 6.45) is 3.89. The Labute approximate surface area is 148 Å². The maximum absolute atomic E-state index is 13.3. The predicted molar refractivity (Wildman–Crippen MR) is 93.9 cm³/mol. The lowest BCUT2D eigenvalue weighted by molar-refractivity contribution is 0.1000. The van der Waals surface area contributed by atoms with Gasteiger partial charge >= 0.3 is 0 Å². The monoisotopic (exact) mass is 347 g/mol. The molecule has 3 heterocycles. The van der Waals surface area contributed by atoms with Crippen molar-refractivity contribution in [2.24, 2.45) is 5.73 Å². The molecule has 0 aliphatic carbocycles. The van der Waals surface area contributed by atoms with E-state index < -0.39 is 5.91 Å². The van der Waals surface area contributed by atoms with Crippen LogP contribution < -0.4 is 5.73 Å². The summed E-state index contributed by atoms with van der Waals surface area (Å²) < 4.78 is 15.0. The highest BCUT2D eigenvalue weighted by atomic mass is 19.1. The van der Waals surface area contributed by atoms with Gasteiger partial charge in [0.1, 0.15) is 11.5 Å². The Balaban J connectivity index is 1.65. The molecule has 0 atom stereocenters. The van der Waals surface area contributed by atoms with E-state index in [-0.39, 0.29) is 5.82 Å². The Hall–Kier alpha value is -3.61. The van der Waals surface area contributed by atoms with Crippen molar-refractivity contribution in [3.8, 4) is 11.5 Å². The Kier molecular flexibility index (Phi) is 3.89. The molecule has 1 aromatic carbocycles. The minimum Gasteiger partial charge on any atom is -0.366 e. The van der Waals surface area contributed by atoms with Crippen LogP contribution in [0.5, 0.6) is 0 Å². The highest BCUT2D eigenvalue weighted by Gasteiger charge is 2.11. The lowest BCUT2D eigenvalue weighted by Crippen LogP contribution is -2.11. The van der Waals surface area contributed by atoms with Crippen molar-refractivity contribution in [1.29, 1.82) is 0 Å². The first kappa shape index (κ1) is 15.9. The number of rotatable bonds is 4. The number of nitrogens with zero attached hydrogens (tertiary/aromatic N) is 4. The second kappa shape index (κ2) is 6.36. The largest absolute Gasteiger partial charge is 0.366 e. The van der Waals surface area contributed by atoms with Crippen LogP contribution in [-0.4, -0.2) is 25.5 Å². The van der Waals surface area contributed by atoms with Crippen LogP contribution >= 0.6 is 0 Å². The van der Waals surface area contributed by atoms with E-state index in [0.29, 0.717) is 29.1 Å². The van der Waals surface area contributed by atoms with Crippen LogP contribution in [0, 0.1) is 5.82 Å². The molecular weight excluding hydrogens is 333 g/mol. The molecular formula is C19H14FN5O. The van der Waals surface area contributed by atoms with Gasteiger partial charge in [0.25, 0.3) is 0 Å². The molecule has 0 radical (unpaired) electrons. The number of pyridine rings is 2. The van der Waals surface area contributed by atoms with E-state index in [2.05, 4.69) is 15.2 Å². The van der Waals surface area contributed by atoms with E-state index in [1.165, 1.54) is 12.1 Å². The highest BCUT2D eigenvalue weighted by molar-refractivity contribution is 5.92. The molecule has 0 saturated carbocycles. The molecule has 0 aliphatic rings. The molecule has 26 heavy (non-hydrogen) atoms. The number of nitrogens with two attached hydrogens (primary N) is 1. The van der Waals surface area contributed by atoms with Gasteiger partial charge in [-0.25, -0.2) is 4.39 Å². The minimum absolute atomic E-state index is 0.257. The zero-order valence-corrected chi connectivity index (χ0v) is 13.6. The van der Waals surface area contributed by atoms with Crippen LogP contribution in [-0.2, 0) is 6.42 Å². The van der Waals surface area contributed by atoms with Crippen molar-refractivity contribution in [2.75, 3.05) is 0 Å². The van der Waals surface area contributed by atoms with Gasteiger partial charge in [0.2, 0.25) is 5.91 Å². The van der Waals surface area contributed by atoms with Crippen molar-refractivity contribution in [2.45, 2.75) is 6.42 Å². The number of halogens is 1. The van der Waals surface area contributed by atoms with Crippen molar-refractivity contribution in [1.82, 2.24) is 19.6 Å². The molecule has 2 N–H and O–H groups in total. The van der Waals surface area contributed by atoms with Crippen molar-refractivity contribution in [3.63, 3.8) is 0 Å². The number of aromatic nitrogens is 4. The number of benzene rings is 1. The number of fused-ring (bicyclic) bond motifs is 1. The van der Waals surface area contributed by atoms with Crippen LogP contribution in [0.3, 0.4) is 0 Å². The number of carbonyl (C=O) groups is 1. The summed E-state index contributed by atoms with van der Waals surface area (Å²) in [4.78, 5) is 15.8. The topological polar surface area (TPSA) is 86.2 Å². The fourth-order valence-corrected chi connectivity index (χ4v) is 2.76. The first-order valence-electron chi connectivity index (χ1n) is 7.94. The predicted octanol–water partition coefficient (Wildman–Crippen LogP) is 2.62. The van der Waals surface area contributed by atoms with Gasteiger partial charge in [-0.05, 0) is 47.9 Å². The van der Waals surface area contributed by atoms with Gasteiger partial charge in [-0.15, -0.1) is 10.2 Å². The van der Waals surface area contributed by atoms with Crippen LogP contribution in [0.4, 0.5) is 4.39 Å². The van der Waals surface area contributed by atoms with Gasteiger partial charge in [0.05, 0.1) is 5.56 Å². The SMILES string of the molecule is NC(=O)c1ccc2nnc(-c3ccc(Cc4cccc(F)c4)cn3)n2c1. The number of hydrogen-bond acceptors (Lipinski definition) is 4. The highest BCUT2D eigenvalue weighted by Crippen LogP contribution is 2.18. The summed E-state index contributed by atoms with van der Waals surface area (Å²) in [6, 6.07) is 13.5. The van der Waals surface area contributed by atoms with Gasteiger partial charge in [-0.3, -0.25) is 14.2 Å². The third-order valence-electron chi connectivity index (χ3n) is 4.04. The van der Waals surface area contributed by atoms with E-state index in [0.717, 1.165) is 11.1 Å². The molecule has 128 valence electrons. The van der Waals surface area contributed by atoms with Crippen molar-refractivity contribution < 1.29 is 9.18 Å². The van der Waals surface area contributed by atoms with Crippen LogP contribution in [0.2, 0.25) is 0 Å². The Morgan fingerprint density at radius 1 is 1.08 bits per heavy atom. The number of primary amides is 1. The average Bonchev–Trinajstić information content (AvgIpc) is 3.05. The molecule has 4 rings (SSSR count). The fourth-order valence-electron chi connectivity index (χ4n) is 2.76. The second-order valence-electron chi connectivity index (χ2n) is 5.89. The van der Waals surface area contributed by atoms with E-state index in [1.807, 2.05) is 18.2 Å². The molecule has 1 amide bonds. The first-order chi connectivity index (χ1) is 12.6. The van der Waals surface area contributed by atoms with Crippen LogP contribution in [0.1, 0.15) is 21.5 Å². The molecule has 6 nitrogen and oxygen atoms in total. The standard InChI is InChI=1S/C19H14FN5O/c20-15-3-1-2-12(9-15)8-13-4-6-16(22-10-13)19-24-23-17-7-5-14(18(21)26)11-25(17)19/h1-7,9-11H,8H2,(H2,21,26). The van der Waals surface area contributed by atoms with Gasteiger partial charge in [-0.1, -0.05) is 18.2 Å². The Bertz CT molecular complexity index is 1100. The maximum Gasteiger partial charge on any atom is 0.250 e. The Morgan fingerprint density at radius 3 is 2.69 bits per heavy atom. The summed E-state index contributed by atoms with van der Waals surface area (Å²) in [5.74, 6) is -0.266. The molecule has 7 heteroatoms. The fraction of sp³-hybridized carbons (Fsp3) is 0.0526. The lowest BCUT2D eigenvalue weighted by atomic mass is 10.1. The third kappa shape index (κ3) is 3.02. The van der Waals surface area contributed by atoms with E-state index in [1.54, 1.807) is 35.0 Å². The van der Waals surface area contributed by atoms with Gasteiger partial charge < -0.3 is 5.73 Å². The number of hydrogen-bond donors (Lipinski definition) is 1. The quantitative estimate of drug-likeness (QED) is 0.615. The zero-order valence-electron chi connectivity index (χ0n) is 13.6. The molecule has 0 aliphatic heterocycles. The molecule has 4 aromatic rings. The molecule has 0 spiro atoms. The third-order valence-corrected chi connectivity index (χ3v) is 4.04. The minimum atomic E-state index is -0.523. The van der Waals surface area contributed by atoms with Gasteiger partial charge in [-0.2, -0.15) is 0 Å². The second-order valence-corrected chi connectivity index (χ2v) is 5.89. The zero-order chi connectivity index (χ0) is 18.1. The molecule has 3 aromatic heterocycles. The summed E-state index contributed by atoms with van der Waals surface area (Å²) in [6.45, 7) is 0. The first-order valence-corrected chi connectivity index (χ1v) is 7.94. The summed E-state index contributed by atoms with van der Waals surface area (Å²) in [5, 5.41) is 8.21. The van der Waals surface area contributed by atoms with Crippen LogP contribution in [0.15, 0.2) is 60.9 Å². The smallest absolute Gasteiger partial charge is 0.250 e. The Morgan fingerprint density at radius 2 is 1.96 bits per heavy atom. The lowest BCUT2D eigenvalue weighted by Gasteiger charge is -2.04. The number of carbonyl (C=O) groups excluding carboxylic acids is 1. The van der Waals surface area contributed by atoms with Crippen LogP contribution in [0.25, 0.3) is 17.2 Å². The molecule has 0 saturated heterocycles. The van der Waals surface area contributed by atoms with E-state index >= 15 is 0 Å². The summed E-state index contributed by atoms with van der Waals surface area (Å²) in [5.41, 5.74) is 8.72. The van der Waals surface area contributed by atoms with Gasteiger partial charge in [0, 0.05) is 12.4 Å². The molecule has 0 unspecified atom stereocenters. The van der Waals surface area contributed by atoms with Crippen molar-refractivity contribution >= 4 is 11.6 Å².